The third kappa shape index (κ3) is 3.85. The van der Waals surface area contributed by atoms with E-state index in [1.54, 1.807) is 0 Å². The van der Waals surface area contributed by atoms with Gasteiger partial charge in [0.15, 0.2) is 10.8 Å². The van der Waals surface area contributed by atoms with Crippen molar-refractivity contribution in [1.29, 1.82) is 0 Å². The third-order valence-corrected chi connectivity index (χ3v) is 3.30. The summed E-state index contributed by atoms with van der Waals surface area (Å²) < 4.78 is 60.7. The molecule has 0 aliphatic carbocycles. The monoisotopic (exact) mass is 384 g/mol. The Balaban J connectivity index is 3.41. The Morgan fingerprint density at radius 2 is 1.94 bits per heavy atom. The average molecular weight is 384 g/mol. The number of primary sulfonamides is 1. The molecule has 17 heavy (non-hydrogen) atoms. The molecular weight excluding hydrogens is 380 g/mol. The summed E-state index contributed by atoms with van der Waals surface area (Å²) in [5.41, 5.74) is -1.05. The van der Waals surface area contributed by atoms with E-state index in [-0.39, 0.29) is 0 Å². The molecule has 0 unspecified atom stereocenters. The van der Waals surface area contributed by atoms with Crippen LogP contribution >= 0.6 is 22.6 Å². The molecule has 1 heterocycles. The van der Waals surface area contributed by atoms with Gasteiger partial charge in [-0.1, -0.05) is 0 Å². The van der Waals surface area contributed by atoms with Crippen molar-refractivity contribution in [1.82, 2.24) is 4.98 Å². The van der Waals surface area contributed by atoms with Crippen LogP contribution in [-0.2, 0) is 10.0 Å². The first-order valence-corrected chi connectivity index (χ1v) is 6.34. The van der Waals surface area contributed by atoms with Crippen molar-refractivity contribution >= 4 is 32.6 Å². The van der Waals surface area contributed by atoms with Crippen LogP contribution in [0.4, 0.5) is 13.2 Å². The molecule has 0 saturated heterocycles. The number of aromatic nitrogens is 1. The SMILES string of the molecule is NS(=O)(=O)c1cc(OC(F)(F)F)c(I)c(=O)[nH]1. The van der Waals surface area contributed by atoms with E-state index in [1.165, 1.54) is 22.6 Å². The molecule has 0 amide bonds. The molecular formula is C6H4F3IN2O4S. The minimum Gasteiger partial charge on any atom is -0.404 e. The quantitative estimate of drug-likeness (QED) is 0.727. The highest BCUT2D eigenvalue weighted by Crippen LogP contribution is 2.26. The standard InChI is InChI=1S/C6H4F3IN2O4S/c7-6(8,9)16-2-1-3(17(11,14)15)12-5(13)4(2)10/h1H,(H,12,13)(H2,11,14,15). The van der Waals surface area contributed by atoms with Gasteiger partial charge in [-0.25, -0.2) is 13.6 Å². The number of rotatable bonds is 2. The van der Waals surface area contributed by atoms with Crippen LogP contribution in [0.15, 0.2) is 15.9 Å². The molecule has 0 atom stereocenters. The first kappa shape index (κ1) is 14.2. The van der Waals surface area contributed by atoms with Crippen molar-refractivity contribution in [3.05, 3.63) is 20.0 Å². The molecule has 1 aromatic heterocycles. The van der Waals surface area contributed by atoms with Gasteiger partial charge in [-0.2, -0.15) is 0 Å². The topological polar surface area (TPSA) is 102 Å². The number of hydrogen-bond donors (Lipinski definition) is 2. The molecule has 0 saturated carbocycles. The largest absolute Gasteiger partial charge is 0.573 e. The molecule has 0 aliphatic heterocycles. The number of nitrogens with one attached hydrogen (secondary N) is 1. The molecule has 6 nitrogen and oxygen atoms in total. The fraction of sp³-hybridized carbons (Fsp3) is 0.167. The number of nitrogens with two attached hydrogens (primary N) is 1. The second-order valence-electron chi connectivity index (χ2n) is 2.73. The highest BCUT2D eigenvalue weighted by Gasteiger charge is 2.33. The number of ether oxygens (including phenoxy) is 1. The Kier molecular flexibility index (Phi) is 3.73. The van der Waals surface area contributed by atoms with Crippen LogP contribution < -0.4 is 15.4 Å². The molecule has 1 aromatic rings. The smallest absolute Gasteiger partial charge is 0.404 e. The van der Waals surface area contributed by atoms with E-state index in [4.69, 9.17) is 0 Å². The van der Waals surface area contributed by atoms with Gasteiger partial charge in [0.25, 0.3) is 15.6 Å². The van der Waals surface area contributed by atoms with Gasteiger partial charge in [0.05, 0.1) is 0 Å². The Morgan fingerprint density at radius 3 is 2.35 bits per heavy atom. The molecule has 0 bridgehead atoms. The predicted molar refractivity (Wildman–Crippen MR) is 57.8 cm³/mol. The second kappa shape index (κ2) is 4.45. The van der Waals surface area contributed by atoms with Gasteiger partial charge in [0.1, 0.15) is 3.57 Å². The van der Waals surface area contributed by atoms with Crippen LogP contribution in [0, 0.1) is 3.57 Å². The maximum Gasteiger partial charge on any atom is 0.573 e. The first-order valence-electron chi connectivity index (χ1n) is 3.72. The zero-order valence-electron chi connectivity index (χ0n) is 7.71. The van der Waals surface area contributed by atoms with Crippen LogP contribution in [0.2, 0.25) is 0 Å². The van der Waals surface area contributed by atoms with E-state index in [2.05, 4.69) is 9.88 Å². The van der Waals surface area contributed by atoms with Gasteiger partial charge >= 0.3 is 6.36 Å². The number of halogens is 4. The maximum atomic E-state index is 12.0. The number of H-pyrrole nitrogens is 1. The fourth-order valence-electron chi connectivity index (χ4n) is 0.849. The average Bonchev–Trinajstić information content (AvgIpc) is 2.08. The lowest BCUT2D eigenvalue weighted by atomic mass is 10.4. The molecule has 0 aromatic carbocycles. The molecule has 1 rings (SSSR count). The number of aromatic amines is 1. The van der Waals surface area contributed by atoms with Crippen molar-refractivity contribution in [3.8, 4) is 5.75 Å². The number of hydrogen-bond acceptors (Lipinski definition) is 4. The summed E-state index contributed by atoms with van der Waals surface area (Å²) in [5, 5.41) is 3.81. The van der Waals surface area contributed by atoms with Crippen LogP contribution in [0.3, 0.4) is 0 Å². The number of pyridine rings is 1. The minimum absolute atomic E-state index is 0.438. The van der Waals surface area contributed by atoms with Gasteiger partial charge in [-0.05, 0) is 22.6 Å². The van der Waals surface area contributed by atoms with E-state index >= 15 is 0 Å². The highest BCUT2D eigenvalue weighted by atomic mass is 127. The van der Waals surface area contributed by atoms with Crippen molar-refractivity contribution in [2.75, 3.05) is 0 Å². The summed E-state index contributed by atoms with van der Waals surface area (Å²) >= 11 is 1.29. The number of sulfonamides is 1. The molecule has 0 fully saturated rings. The van der Waals surface area contributed by atoms with Crippen molar-refractivity contribution in [2.24, 2.45) is 5.14 Å². The van der Waals surface area contributed by atoms with Crippen molar-refractivity contribution < 1.29 is 26.3 Å². The lowest BCUT2D eigenvalue weighted by molar-refractivity contribution is -0.275. The normalized spacial score (nSPS) is 12.5. The first-order chi connectivity index (χ1) is 7.50. The Bertz CT molecular complexity index is 594. The van der Waals surface area contributed by atoms with E-state index in [9.17, 15) is 26.4 Å². The van der Waals surface area contributed by atoms with Gasteiger partial charge in [-0.3, -0.25) is 4.79 Å². The van der Waals surface area contributed by atoms with Crippen LogP contribution in [0.1, 0.15) is 0 Å². The molecule has 11 heteroatoms. The molecule has 3 N–H and O–H groups in total. The van der Waals surface area contributed by atoms with Gasteiger partial charge < -0.3 is 9.72 Å². The molecule has 96 valence electrons. The van der Waals surface area contributed by atoms with Crippen LogP contribution in [-0.4, -0.2) is 19.8 Å². The van der Waals surface area contributed by atoms with E-state index in [0.29, 0.717) is 6.07 Å². The van der Waals surface area contributed by atoms with E-state index in [0.717, 1.165) is 0 Å². The van der Waals surface area contributed by atoms with Crippen LogP contribution in [0.25, 0.3) is 0 Å². The maximum absolute atomic E-state index is 12.0. The third-order valence-electron chi connectivity index (χ3n) is 1.45. The molecule has 0 radical (unpaired) electrons. The summed E-state index contributed by atoms with van der Waals surface area (Å²) in [4.78, 5) is 13.0. The Labute approximate surface area is 106 Å². The Morgan fingerprint density at radius 1 is 1.41 bits per heavy atom. The summed E-state index contributed by atoms with van der Waals surface area (Å²) in [6, 6.07) is 0.492. The van der Waals surface area contributed by atoms with Gasteiger partial charge in [0.2, 0.25) is 0 Å². The van der Waals surface area contributed by atoms with Crippen molar-refractivity contribution in [3.63, 3.8) is 0 Å². The van der Waals surface area contributed by atoms with E-state index in [1.807, 2.05) is 4.98 Å². The minimum atomic E-state index is -5.04. The van der Waals surface area contributed by atoms with Gasteiger partial charge in [-0.15, -0.1) is 13.2 Å². The summed E-state index contributed by atoms with van der Waals surface area (Å²) in [6.07, 6.45) is -5.04. The predicted octanol–water partition coefficient (Wildman–Crippen LogP) is 0.526. The summed E-state index contributed by atoms with van der Waals surface area (Å²) in [5.74, 6) is -0.925. The number of alkyl halides is 3. The lowest BCUT2D eigenvalue weighted by Crippen LogP contribution is -2.24. The van der Waals surface area contributed by atoms with Crippen molar-refractivity contribution in [2.45, 2.75) is 11.4 Å². The zero-order valence-corrected chi connectivity index (χ0v) is 10.7. The fourth-order valence-corrected chi connectivity index (χ4v) is 1.76. The van der Waals surface area contributed by atoms with Crippen LogP contribution in [0.5, 0.6) is 5.75 Å². The zero-order chi connectivity index (χ0) is 13.4. The van der Waals surface area contributed by atoms with Gasteiger partial charge in [0, 0.05) is 6.07 Å². The molecule has 0 aliphatic rings. The lowest BCUT2D eigenvalue weighted by Gasteiger charge is -2.10. The summed E-state index contributed by atoms with van der Waals surface area (Å²) in [7, 11) is -4.33. The molecule has 0 spiro atoms. The second-order valence-corrected chi connectivity index (χ2v) is 5.34. The summed E-state index contributed by atoms with van der Waals surface area (Å²) in [6.45, 7) is 0. The Hall–Kier alpha value is -0.820. The van der Waals surface area contributed by atoms with E-state index < -0.39 is 36.3 Å². The highest BCUT2D eigenvalue weighted by molar-refractivity contribution is 14.1.